The Morgan fingerprint density at radius 3 is 2.50 bits per heavy atom. The number of hydrogen-bond acceptors (Lipinski definition) is 3. The molecular weight excluding hydrogens is 352 g/mol. The highest BCUT2D eigenvalue weighted by Crippen LogP contribution is 2.57. The molecule has 3 atom stereocenters. The molecule has 7 heteroatoms. The first kappa shape index (κ1) is 17.0. The van der Waals surface area contributed by atoms with Gasteiger partial charge in [-0.1, -0.05) is 12.1 Å². The minimum absolute atomic E-state index is 0.0118. The Bertz CT molecular complexity index is 919. The zero-order valence-electron chi connectivity index (χ0n) is 13.7. The summed E-state index contributed by atoms with van der Waals surface area (Å²) in [7, 11) is 1.50. The van der Waals surface area contributed by atoms with Gasteiger partial charge in [0, 0.05) is 12.3 Å². The second-order valence-corrected chi connectivity index (χ2v) is 6.78. The first-order valence-electron chi connectivity index (χ1n) is 8.15. The summed E-state index contributed by atoms with van der Waals surface area (Å²) in [5, 5.41) is 0. The van der Waals surface area contributed by atoms with Crippen molar-refractivity contribution in [3.05, 3.63) is 47.1 Å². The summed E-state index contributed by atoms with van der Waals surface area (Å²) < 4.78 is 63.7. The Morgan fingerprint density at radius 1 is 1.12 bits per heavy atom. The van der Waals surface area contributed by atoms with Crippen molar-refractivity contribution in [3.8, 4) is 5.75 Å². The van der Waals surface area contributed by atoms with Crippen molar-refractivity contribution in [2.24, 2.45) is 5.92 Å². The molecule has 1 aromatic carbocycles. The number of methoxy groups -OCH3 is 1. The highest BCUT2D eigenvalue weighted by atomic mass is 19.2. The van der Waals surface area contributed by atoms with Crippen molar-refractivity contribution in [1.82, 2.24) is 0 Å². The van der Waals surface area contributed by atoms with Gasteiger partial charge in [-0.2, -0.15) is 8.78 Å². The summed E-state index contributed by atoms with van der Waals surface area (Å²) in [6.45, 7) is 0. The normalized spacial score (nSPS) is 33.3. The second kappa shape index (κ2) is 5.28. The third-order valence-corrected chi connectivity index (χ3v) is 5.64. The summed E-state index contributed by atoms with van der Waals surface area (Å²) >= 11 is 0. The number of ether oxygens (including phenoxy) is 1. The molecule has 0 spiro atoms. The van der Waals surface area contributed by atoms with Crippen LogP contribution in [0.5, 0.6) is 5.75 Å². The minimum Gasteiger partial charge on any atom is -0.497 e. The molecule has 0 heterocycles. The van der Waals surface area contributed by atoms with E-state index < -0.39 is 46.9 Å². The van der Waals surface area contributed by atoms with E-state index in [1.165, 1.54) is 13.2 Å². The minimum atomic E-state index is -3.45. The number of hydrogen-bond donors (Lipinski definition) is 0. The number of rotatable bonds is 1. The molecule has 136 valence electrons. The fourth-order valence-electron chi connectivity index (χ4n) is 4.30. The van der Waals surface area contributed by atoms with Gasteiger partial charge in [0.25, 0.3) is 0 Å². The fraction of sp³-hybridized carbons (Fsp3) is 0.368. The van der Waals surface area contributed by atoms with E-state index in [0.29, 0.717) is 16.9 Å². The Balaban J connectivity index is 1.90. The average Bonchev–Trinajstić information content (AvgIpc) is 2.66. The Morgan fingerprint density at radius 2 is 1.81 bits per heavy atom. The van der Waals surface area contributed by atoms with Crippen LogP contribution >= 0.6 is 0 Å². The number of carbonyl (C=O) groups is 2. The van der Waals surface area contributed by atoms with Gasteiger partial charge in [-0.05, 0) is 41.7 Å². The van der Waals surface area contributed by atoms with Gasteiger partial charge in [-0.25, -0.2) is 8.78 Å². The molecule has 1 aromatic rings. The monoisotopic (exact) mass is 366 g/mol. The second-order valence-electron chi connectivity index (χ2n) is 6.78. The van der Waals surface area contributed by atoms with Crippen LogP contribution in [0.3, 0.4) is 0 Å². The molecule has 0 unspecified atom stereocenters. The van der Waals surface area contributed by atoms with Crippen molar-refractivity contribution >= 4 is 17.1 Å². The average molecular weight is 366 g/mol. The quantitative estimate of drug-likeness (QED) is 0.711. The molecule has 0 radical (unpaired) electrons. The van der Waals surface area contributed by atoms with Gasteiger partial charge in [0.05, 0.1) is 7.11 Å². The lowest BCUT2D eigenvalue weighted by molar-refractivity contribution is -0.162. The van der Waals surface area contributed by atoms with Crippen LogP contribution < -0.4 is 4.74 Å². The number of Topliss-reactive ketones (excluding diaryl/α,β-unsaturated/α-hetero) is 2. The zero-order chi connectivity index (χ0) is 18.9. The van der Waals surface area contributed by atoms with Crippen LogP contribution in [0.2, 0.25) is 0 Å². The van der Waals surface area contributed by atoms with Crippen LogP contribution in [0.25, 0.3) is 5.57 Å². The Hall–Kier alpha value is -2.44. The van der Waals surface area contributed by atoms with E-state index in [0.717, 1.165) is 5.56 Å². The Kier molecular flexibility index (Phi) is 3.45. The molecule has 4 rings (SSSR count). The molecule has 0 saturated carbocycles. The van der Waals surface area contributed by atoms with Crippen LogP contribution in [0.15, 0.2) is 35.9 Å². The van der Waals surface area contributed by atoms with Crippen molar-refractivity contribution < 1.29 is 31.9 Å². The van der Waals surface area contributed by atoms with Gasteiger partial charge in [0.2, 0.25) is 34.6 Å². The van der Waals surface area contributed by atoms with Gasteiger partial charge in [0.15, 0.2) is 0 Å². The standard InChI is InChI=1S/C19H14F4O3/c1-26-10-3-4-11-9(8-10)2-5-13-12(11)6-7-18(22)16(24)14(20)15(21)17(25)19(13,18)23/h3-4,6,8,13H,2,5,7H2,1H3/t13-,18+,19-/m1/s1. The molecule has 3 nitrogen and oxygen atoms in total. The summed E-state index contributed by atoms with van der Waals surface area (Å²) in [6, 6.07) is 5.05. The van der Waals surface area contributed by atoms with E-state index in [-0.39, 0.29) is 12.8 Å². The van der Waals surface area contributed by atoms with Crippen LogP contribution in [0.1, 0.15) is 24.0 Å². The van der Waals surface area contributed by atoms with E-state index in [9.17, 15) is 18.4 Å². The summed E-state index contributed by atoms with van der Waals surface area (Å²) in [4.78, 5) is 24.2. The molecule has 0 aliphatic heterocycles. The topological polar surface area (TPSA) is 43.4 Å². The van der Waals surface area contributed by atoms with E-state index in [2.05, 4.69) is 0 Å². The predicted molar refractivity (Wildman–Crippen MR) is 84.3 cm³/mol. The molecule has 26 heavy (non-hydrogen) atoms. The summed E-state index contributed by atoms with van der Waals surface area (Å²) in [5.41, 5.74) is -5.13. The maximum Gasteiger partial charge on any atom is 0.235 e. The smallest absolute Gasteiger partial charge is 0.235 e. The van der Waals surface area contributed by atoms with Crippen molar-refractivity contribution in [2.45, 2.75) is 30.6 Å². The number of allylic oxidation sites excluding steroid dienone is 4. The lowest BCUT2D eigenvalue weighted by Gasteiger charge is -2.48. The number of fused-ring (bicyclic) bond motifs is 5. The SMILES string of the molecule is COc1ccc2c(c1)CC[C@@H]1C2=CC[C@]2(F)C(=O)C(F)=C(F)C(=O)[C@]12F. The first-order chi connectivity index (χ1) is 12.3. The third kappa shape index (κ3) is 1.83. The van der Waals surface area contributed by atoms with Crippen molar-refractivity contribution in [1.29, 1.82) is 0 Å². The number of carbonyl (C=O) groups excluding carboxylic acids is 2. The molecule has 0 saturated heterocycles. The van der Waals surface area contributed by atoms with Gasteiger partial charge in [-0.3, -0.25) is 9.59 Å². The molecule has 0 bridgehead atoms. The number of alkyl halides is 2. The number of aryl methyl sites for hydroxylation is 1. The molecule has 3 aliphatic rings. The molecular formula is C19H14F4O3. The van der Waals surface area contributed by atoms with Crippen molar-refractivity contribution in [3.63, 3.8) is 0 Å². The Labute approximate surface area is 146 Å². The van der Waals surface area contributed by atoms with E-state index in [1.54, 1.807) is 18.2 Å². The van der Waals surface area contributed by atoms with E-state index in [1.807, 2.05) is 0 Å². The molecule has 0 N–H and O–H groups in total. The largest absolute Gasteiger partial charge is 0.497 e. The lowest BCUT2D eigenvalue weighted by atomic mass is 9.57. The van der Waals surface area contributed by atoms with E-state index in [4.69, 9.17) is 4.74 Å². The number of benzene rings is 1. The van der Waals surface area contributed by atoms with Crippen LogP contribution in [0.4, 0.5) is 17.6 Å². The molecule has 0 aromatic heterocycles. The molecule has 0 fully saturated rings. The summed E-state index contributed by atoms with van der Waals surface area (Å²) in [5.74, 6) is -8.90. The maximum atomic E-state index is 15.8. The highest BCUT2D eigenvalue weighted by Gasteiger charge is 2.73. The van der Waals surface area contributed by atoms with Gasteiger partial charge >= 0.3 is 0 Å². The predicted octanol–water partition coefficient (Wildman–Crippen LogP) is 3.76. The van der Waals surface area contributed by atoms with Gasteiger partial charge < -0.3 is 4.74 Å². The zero-order valence-corrected chi connectivity index (χ0v) is 13.7. The number of ketones is 2. The molecule has 3 aliphatic carbocycles. The number of halogens is 4. The summed E-state index contributed by atoms with van der Waals surface area (Å²) in [6.07, 6.45) is 0.758. The van der Waals surface area contributed by atoms with Crippen LogP contribution in [-0.2, 0) is 16.0 Å². The lowest BCUT2D eigenvalue weighted by Crippen LogP contribution is -2.66. The van der Waals surface area contributed by atoms with Gasteiger partial charge in [0.1, 0.15) is 5.75 Å². The van der Waals surface area contributed by atoms with Crippen LogP contribution in [0, 0.1) is 5.92 Å². The highest BCUT2D eigenvalue weighted by molar-refractivity contribution is 6.19. The van der Waals surface area contributed by atoms with E-state index >= 15 is 8.78 Å². The first-order valence-corrected chi connectivity index (χ1v) is 8.15. The van der Waals surface area contributed by atoms with Gasteiger partial charge in [-0.15, -0.1) is 0 Å². The molecule has 0 amide bonds. The maximum absolute atomic E-state index is 15.8. The third-order valence-electron chi connectivity index (χ3n) is 5.64. The van der Waals surface area contributed by atoms with Crippen LogP contribution in [-0.4, -0.2) is 30.0 Å². The fourth-order valence-corrected chi connectivity index (χ4v) is 4.30. The van der Waals surface area contributed by atoms with Crippen molar-refractivity contribution in [2.75, 3.05) is 7.11 Å².